The number of benzene rings is 2. The van der Waals surface area contributed by atoms with E-state index in [1.165, 1.54) is 0 Å². The first-order valence-electron chi connectivity index (χ1n) is 7.44. The average Bonchev–Trinajstić information content (AvgIpc) is 2.98. The third-order valence-electron chi connectivity index (χ3n) is 3.31. The van der Waals surface area contributed by atoms with Crippen molar-refractivity contribution in [1.29, 1.82) is 0 Å². The zero-order valence-corrected chi connectivity index (χ0v) is 15.3. The van der Waals surface area contributed by atoms with Crippen molar-refractivity contribution in [3.63, 3.8) is 0 Å². The molecule has 0 aliphatic heterocycles. The predicted octanol–water partition coefficient (Wildman–Crippen LogP) is 5.33. The van der Waals surface area contributed by atoms with E-state index in [0.717, 1.165) is 21.6 Å². The normalized spacial score (nSPS) is 12.2. The first-order chi connectivity index (χ1) is 11.7. The summed E-state index contributed by atoms with van der Waals surface area (Å²) in [5.74, 6) is 0. The van der Waals surface area contributed by atoms with Crippen LogP contribution in [-0.4, -0.2) is 17.4 Å². The molecule has 0 saturated carbocycles. The number of halogens is 2. The SMILES string of the molecule is CCN=c1scc(-c2ccc(Cl)cc2)n1N=Cc1ccc(Cl)cc1. The molecule has 3 aromatic rings. The third kappa shape index (κ3) is 3.96. The summed E-state index contributed by atoms with van der Waals surface area (Å²) in [5.41, 5.74) is 3.00. The summed E-state index contributed by atoms with van der Waals surface area (Å²) in [5, 5.41) is 8.09. The van der Waals surface area contributed by atoms with Crippen molar-refractivity contribution in [2.24, 2.45) is 10.1 Å². The monoisotopic (exact) mass is 375 g/mol. The molecule has 0 aliphatic rings. The second-order valence-electron chi connectivity index (χ2n) is 4.99. The Morgan fingerprint density at radius 2 is 1.62 bits per heavy atom. The Morgan fingerprint density at radius 3 is 2.25 bits per heavy atom. The van der Waals surface area contributed by atoms with Gasteiger partial charge in [-0.05, 0) is 36.8 Å². The van der Waals surface area contributed by atoms with Crippen LogP contribution in [0.4, 0.5) is 0 Å². The van der Waals surface area contributed by atoms with E-state index >= 15 is 0 Å². The number of aromatic nitrogens is 1. The van der Waals surface area contributed by atoms with Gasteiger partial charge in [0.1, 0.15) is 0 Å². The van der Waals surface area contributed by atoms with Crippen LogP contribution < -0.4 is 4.80 Å². The molecule has 0 amide bonds. The molecule has 0 saturated heterocycles. The number of hydrogen-bond donors (Lipinski definition) is 0. The van der Waals surface area contributed by atoms with Gasteiger partial charge in [-0.15, -0.1) is 11.3 Å². The van der Waals surface area contributed by atoms with E-state index in [0.29, 0.717) is 16.6 Å². The van der Waals surface area contributed by atoms with Gasteiger partial charge in [-0.3, -0.25) is 4.99 Å². The van der Waals surface area contributed by atoms with Gasteiger partial charge in [0.2, 0.25) is 4.80 Å². The Balaban J connectivity index is 2.04. The van der Waals surface area contributed by atoms with Gasteiger partial charge in [0.05, 0.1) is 11.9 Å². The molecule has 0 atom stereocenters. The van der Waals surface area contributed by atoms with Crippen molar-refractivity contribution in [1.82, 2.24) is 4.68 Å². The average molecular weight is 376 g/mol. The lowest BCUT2D eigenvalue weighted by Crippen LogP contribution is -2.12. The van der Waals surface area contributed by atoms with Gasteiger partial charge in [0.15, 0.2) is 0 Å². The van der Waals surface area contributed by atoms with E-state index in [1.807, 2.05) is 60.1 Å². The van der Waals surface area contributed by atoms with Crippen molar-refractivity contribution in [3.8, 4) is 11.3 Å². The van der Waals surface area contributed by atoms with Crippen LogP contribution in [0, 0.1) is 0 Å². The molecule has 24 heavy (non-hydrogen) atoms. The van der Waals surface area contributed by atoms with Crippen molar-refractivity contribution in [2.75, 3.05) is 6.54 Å². The van der Waals surface area contributed by atoms with Crippen LogP contribution in [0.25, 0.3) is 11.3 Å². The molecule has 1 heterocycles. The van der Waals surface area contributed by atoms with Crippen molar-refractivity contribution >= 4 is 40.8 Å². The summed E-state index contributed by atoms with van der Waals surface area (Å²) in [7, 11) is 0. The van der Waals surface area contributed by atoms with E-state index in [4.69, 9.17) is 23.2 Å². The molecule has 3 rings (SSSR count). The van der Waals surface area contributed by atoms with Crippen LogP contribution in [-0.2, 0) is 0 Å². The van der Waals surface area contributed by atoms with Gasteiger partial charge in [0, 0.05) is 27.5 Å². The Hall–Kier alpha value is -1.88. The zero-order chi connectivity index (χ0) is 16.9. The van der Waals surface area contributed by atoms with Crippen LogP contribution in [0.1, 0.15) is 12.5 Å². The third-order valence-corrected chi connectivity index (χ3v) is 4.67. The summed E-state index contributed by atoms with van der Waals surface area (Å²) in [6, 6.07) is 15.3. The lowest BCUT2D eigenvalue weighted by atomic mass is 10.2. The van der Waals surface area contributed by atoms with Crippen molar-refractivity contribution in [2.45, 2.75) is 6.92 Å². The highest BCUT2D eigenvalue weighted by molar-refractivity contribution is 7.07. The highest BCUT2D eigenvalue weighted by atomic mass is 35.5. The predicted molar refractivity (Wildman–Crippen MR) is 103 cm³/mol. The minimum Gasteiger partial charge on any atom is -0.258 e. The second kappa shape index (κ2) is 7.79. The zero-order valence-electron chi connectivity index (χ0n) is 13.0. The molecule has 0 unspecified atom stereocenters. The fraction of sp³-hybridized carbons (Fsp3) is 0.111. The molecule has 3 nitrogen and oxygen atoms in total. The van der Waals surface area contributed by atoms with Crippen LogP contribution in [0.15, 0.2) is 64.0 Å². The van der Waals surface area contributed by atoms with Gasteiger partial charge in [-0.1, -0.05) is 47.5 Å². The molecular weight excluding hydrogens is 361 g/mol. The van der Waals surface area contributed by atoms with Crippen molar-refractivity contribution in [3.05, 3.63) is 74.3 Å². The van der Waals surface area contributed by atoms with Crippen LogP contribution >= 0.6 is 34.5 Å². The number of thiazole rings is 1. The maximum atomic E-state index is 5.98. The molecule has 0 aliphatic carbocycles. The summed E-state index contributed by atoms with van der Waals surface area (Å²) >= 11 is 13.5. The van der Waals surface area contributed by atoms with Gasteiger partial charge in [0.25, 0.3) is 0 Å². The minimum atomic E-state index is 0.705. The van der Waals surface area contributed by atoms with E-state index in [2.05, 4.69) is 15.5 Å². The van der Waals surface area contributed by atoms with E-state index in [-0.39, 0.29) is 0 Å². The van der Waals surface area contributed by atoms with Gasteiger partial charge in [-0.2, -0.15) is 5.10 Å². The quantitative estimate of drug-likeness (QED) is 0.551. The van der Waals surface area contributed by atoms with Crippen molar-refractivity contribution < 1.29 is 0 Å². The summed E-state index contributed by atoms with van der Waals surface area (Å²) in [6.45, 7) is 2.71. The highest BCUT2D eigenvalue weighted by Gasteiger charge is 2.07. The Kier molecular flexibility index (Phi) is 5.51. The van der Waals surface area contributed by atoms with E-state index in [9.17, 15) is 0 Å². The second-order valence-corrected chi connectivity index (χ2v) is 6.70. The fourth-order valence-corrected chi connectivity index (χ4v) is 3.30. The topological polar surface area (TPSA) is 29.6 Å². The number of nitrogens with zero attached hydrogens (tertiary/aromatic N) is 3. The molecule has 0 N–H and O–H groups in total. The van der Waals surface area contributed by atoms with Gasteiger partial charge < -0.3 is 0 Å². The lowest BCUT2D eigenvalue weighted by molar-refractivity contribution is 0.833. The lowest BCUT2D eigenvalue weighted by Gasteiger charge is -2.04. The fourth-order valence-electron chi connectivity index (χ4n) is 2.15. The van der Waals surface area contributed by atoms with Crippen LogP contribution in [0.3, 0.4) is 0 Å². The summed E-state index contributed by atoms with van der Waals surface area (Å²) in [4.78, 5) is 5.37. The van der Waals surface area contributed by atoms with Gasteiger partial charge >= 0.3 is 0 Å². The minimum absolute atomic E-state index is 0.705. The van der Waals surface area contributed by atoms with Crippen LogP contribution in [0.5, 0.6) is 0 Å². The molecule has 6 heteroatoms. The smallest absolute Gasteiger partial charge is 0.206 e. The molecule has 0 spiro atoms. The Bertz CT molecular complexity index is 907. The maximum Gasteiger partial charge on any atom is 0.206 e. The first-order valence-corrected chi connectivity index (χ1v) is 9.08. The van der Waals surface area contributed by atoms with Gasteiger partial charge in [-0.25, -0.2) is 4.68 Å². The molecule has 0 radical (unpaired) electrons. The highest BCUT2D eigenvalue weighted by Crippen LogP contribution is 2.22. The molecule has 1 aromatic heterocycles. The summed E-state index contributed by atoms with van der Waals surface area (Å²) in [6.07, 6.45) is 1.80. The molecular formula is C18H15Cl2N3S. The van der Waals surface area contributed by atoms with Crippen LogP contribution in [0.2, 0.25) is 10.0 Å². The van der Waals surface area contributed by atoms with E-state index in [1.54, 1.807) is 17.6 Å². The number of rotatable bonds is 4. The summed E-state index contributed by atoms with van der Waals surface area (Å²) < 4.78 is 1.85. The standard InChI is InChI=1S/C18H15Cl2N3S/c1-2-21-18-23(22-11-13-3-7-15(19)8-4-13)17(12-24-18)14-5-9-16(20)10-6-14/h3-12H,2H2,1H3. The molecule has 0 fully saturated rings. The first kappa shape index (κ1) is 17.0. The molecule has 2 aromatic carbocycles. The molecule has 122 valence electrons. The maximum absolute atomic E-state index is 5.98. The Morgan fingerprint density at radius 1 is 1.00 bits per heavy atom. The number of hydrogen-bond acceptors (Lipinski definition) is 3. The molecule has 0 bridgehead atoms. The largest absolute Gasteiger partial charge is 0.258 e. The Labute approximate surface area is 154 Å². The van der Waals surface area contributed by atoms with E-state index < -0.39 is 0 Å².